The number of hydrogen-bond acceptors (Lipinski definition) is 5. The number of carbonyl (C=O) groups excluding carboxylic acids is 1. The van der Waals surface area contributed by atoms with Crippen molar-refractivity contribution in [3.63, 3.8) is 0 Å². The van der Waals surface area contributed by atoms with Gasteiger partial charge in [-0.3, -0.25) is 4.79 Å². The number of hydrogen-bond donors (Lipinski definition) is 1. The van der Waals surface area contributed by atoms with Gasteiger partial charge >= 0.3 is 0 Å². The number of fused-ring (bicyclic) bond motifs is 2. The van der Waals surface area contributed by atoms with Crippen molar-refractivity contribution in [2.75, 3.05) is 18.0 Å². The van der Waals surface area contributed by atoms with Crippen molar-refractivity contribution < 1.29 is 14.3 Å². The third kappa shape index (κ3) is 3.02. The van der Waals surface area contributed by atoms with Crippen LogP contribution in [0.15, 0.2) is 24.3 Å². The first-order valence-electron chi connectivity index (χ1n) is 10.0. The molecule has 1 aromatic heterocycles. The van der Waals surface area contributed by atoms with Gasteiger partial charge in [0.2, 0.25) is 0 Å². The summed E-state index contributed by atoms with van der Waals surface area (Å²) in [6.07, 6.45) is 2.31. The molecule has 0 saturated carbocycles. The summed E-state index contributed by atoms with van der Waals surface area (Å²) in [6, 6.07) is 8.29. The second-order valence-corrected chi connectivity index (χ2v) is 7.92. The molecule has 0 aliphatic carbocycles. The van der Waals surface area contributed by atoms with Gasteiger partial charge in [-0.2, -0.15) is 0 Å². The van der Waals surface area contributed by atoms with E-state index in [0.717, 1.165) is 54.3 Å². The van der Waals surface area contributed by atoms with Crippen LogP contribution < -0.4 is 15.0 Å². The molecule has 6 heteroatoms. The van der Waals surface area contributed by atoms with E-state index >= 15 is 0 Å². The van der Waals surface area contributed by atoms with Gasteiger partial charge in [-0.05, 0) is 48.7 Å². The number of pyridine rings is 1. The number of nitrogens with zero attached hydrogens (tertiary/aromatic N) is 2. The highest BCUT2D eigenvalue weighted by molar-refractivity contribution is 5.98. The number of aromatic nitrogens is 1. The largest absolute Gasteiger partial charge is 0.490 e. The van der Waals surface area contributed by atoms with Gasteiger partial charge in [-0.1, -0.05) is 6.07 Å². The highest BCUT2D eigenvalue weighted by Gasteiger charge is 2.27. The van der Waals surface area contributed by atoms with Crippen LogP contribution in [0.2, 0.25) is 0 Å². The van der Waals surface area contributed by atoms with Gasteiger partial charge < -0.3 is 19.7 Å². The number of aryl methyl sites for hydroxylation is 1. The average molecular weight is 379 g/mol. The van der Waals surface area contributed by atoms with Gasteiger partial charge in [0.1, 0.15) is 17.7 Å². The number of ether oxygens (including phenoxy) is 2. The van der Waals surface area contributed by atoms with Crippen LogP contribution in [-0.4, -0.2) is 30.1 Å². The van der Waals surface area contributed by atoms with Crippen LogP contribution in [0.3, 0.4) is 0 Å². The van der Waals surface area contributed by atoms with Crippen molar-refractivity contribution in [3.8, 4) is 5.75 Å². The molecule has 2 aromatic rings. The summed E-state index contributed by atoms with van der Waals surface area (Å²) in [6.45, 7) is 7.13. The Bertz CT molecular complexity index is 935. The lowest BCUT2D eigenvalue weighted by Crippen LogP contribution is -2.39. The van der Waals surface area contributed by atoms with Crippen LogP contribution in [0.4, 0.5) is 5.82 Å². The Hall–Kier alpha value is -2.60. The summed E-state index contributed by atoms with van der Waals surface area (Å²) in [4.78, 5) is 18.9. The maximum absolute atomic E-state index is 11.8. The topological polar surface area (TPSA) is 63.7 Å². The Morgan fingerprint density at radius 2 is 2.07 bits per heavy atom. The maximum Gasteiger partial charge on any atom is 0.253 e. The molecule has 6 nitrogen and oxygen atoms in total. The van der Waals surface area contributed by atoms with Crippen LogP contribution in [0.25, 0.3) is 0 Å². The quantitative estimate of drug-likeness (QED) is 0.887. The van der Waals surface area contributed by atoms with E-state index in [1.807, 2.05) is 13.0 Å². The molecule has 1 atom stereocenters. The van der Waals surface area contributed by atoms with E-state index in [9.17, 15) is 4.79 Å². The van der Waals surface area contributed by atoms with Gasteiger partial charge in [0, 0.05) is 25.9 Å². The molecule has 1 unspecified atom stereocenters. The fraction of sp³-hybridized carbons (Fsp3) is 0.455. The molecule has 1 amide bonds. The number of carbonyl (C=O) groups is 1. The smallest absolute Gasteiger partial charge is 0.253 e. The minimum atomic E-state index is -0.0154. The lowest BCUT2D eigenvalue weighted by molar-refractivity contribution is 0.0795. The van der Waals surface area contributed by atoms with Crippen molar-refractivity contribution in [1.82, 2.24) is 10.3 Å². The average Bonchev–Trinajstić information content (AvgIpc) is 3.25. The van der Waals surface area contributed by atoms with E-state index in [4.69, 9.17) is 14.5 Å². The number of amides is 1. The van der Waals surface area contributed by atoms with Crippen LogP contribution in [0, 0.1) is 6.92 Å². The molecule has 28 heavy (non-hydrogen) atoms. The Morgan fingerprint density at radius 1 is 1.25 bits per heavy atom. The summed E-state index contributed by atoms with van der Waals surface area (Å²) in [7, 11) is 0. The van der Waals surface area contributed by atoms with E-state index in [1.54, 1.807) is 0 Å². The Kier molecular flexibility index (Phi) is 4.23. The molecule has 3 aliphatic heterocycles. The summed E-state index contributed by atoms with van der Waals surface area (Å²) in [5.74, 6) is 1.92. The Balaban J connectivity index is 1.24. The van der Waals surface area contributed by atoms with E-state index in [2.05, 4.69) is 35.3 Å². The number of piperidine rings is 1. The fourth-order valence-corrected chi connectivity index (χ4v) is 4.41. The van der Waals surface area contributed by atoms with Gasteiger partial charge in [0.05, 0.1) is 30.5 Å². The summed E-state index contributed by atoms with van der Waals surface area (Å²) < 4.78 is 11.9. The minimum Gasteiger partial charge on any atom is -0.490 e. The lowest BCUT2D eigenvalue weighted by atomic mass is 10.0. The highest BCUT2D eigenvalue weighted by atomic mass is 16.5. The fourth-order valence-electron chi connectivity index (χ4n) is 4.41. The van der Waals surface area contributed by atoms with Gasteiger partial charge in [-0.15, -0.1) is 0 Å². The highest BCUT2D eigenvalue weighted by Crippen LogP contribution is 2.33. The summed E-state index contributed by atoms with van der Waals surface area (Å²) in [5, 5.41) is 2.85. The monoisotopic (exact) mass is 379 g/mol. The first-order valence-corrected chi connectivity index (χ1v) is 10.0. The van der Waals surface area contributed by atoms with E-state index in [0.29, 0.717) is 13.2 Å². The molecule has 0 radical (unpaired) electrons. The van der Waals surface area contributed by atoms with Crippen LogP contribution in [0.1, 0.15) is 58.6 Å². The molecule has 146 valence electrons. The molecule has 4 heterocycles. The standard InChI is InChI=1S/C22H25N3O3/c1-13-9-19-20(11-23-22(19)26)24-21(13)25-7-5-16(6-8-25)28-17-3-4-18-14(2)27-12-15(18)10-17/h3-4,9-10,14,16H,5-8,11-12H2,1-2H3,(H,23,26). The summed E-state index contributed by atoms with van der Waals surface area (Å²) in [5.41, 5.74) is 5.15. The number of nitrogens with one attached hydrogen (secondary N) is 1. The zero-order chi connectivity index (χ0) is 19.3. The van der Waals surface area contributed by atoms with Gasteiger partial charge in [0.25, 0.3) is 5.91 Å². The second-order valence-electron chi connectivity index (χ2n) is 7.92. The number of rotatable bonds is 3. The number of anilines is 1. The third-order valence-corrected chi connectivity index (χ3v) is 6.01. The second kappa shape index (κ2) is 6.78. The molecule has 1 aromatic carbocycles. The van der Waals surface area contributed by atoms with Crippen molar-refractivity contribution in [2.45, 2.75) is 52.0 Å². The summed E-state index contributed by atoms with van der Waals surface area (Å²) >= 11 is 0. The first kappa shape index (κ1) is 17.5. The molecule has 3 aliphatic rings. The SMILES string of the molecule is Cc1cc2c(nc1N1CCC(Oc3ccc4c(c3)COC4C)CC1)CNC2=O. The molecule has 0 spiro atoms. The maximum atomic E-state index is 11.8. The van der Waals surface area contributed by atoms with E-state index in [-0.39, 0.29) is 18.1 Å². The Labute approximate surface area is 164 Å². The van der Waals surface area contributed by atoms with E-state index < -0.39 is 0 Å². The molecule has 1 N–H and O–H groups in total. The molecular weight excluding hydrogens is 354 g/mol. The minimum absolute atomic E-state index is 0.0154. The van der Waals surface area contributed by atoms with E-state index in [1.165, 1.54) is 11.1 Å². The molecule has 1 saturated heterocycles. The van der Waals surface area contributed by atoms with Crippen molar-refractivity contribution >= 4 is 11.7 Å². The zero-order valence-electron chi connectivity index (χ0n) is 16.3. The number of benzene rings is 1. The van der Waals surface area contributed by atoms with Crippen LogP contribution >= 0.6 is 0 Å². The first-order chi connectivity index (χ1) is 13.6. The van der Waals surface area contributed by atoms with Gasteiger partial charge in [-0.25, -0.2) is 4.98 Å². The van der Waals surface area contributed by atoms with Crippen LogP contribution in [-0.2, 0) is 17.9 Å². The zero-order valence-corrected chi connectivity index (χ0v) is 16.3. The van der Waals surface area contributed by atoms with Crippen molar-refractivity contribution in [3.05, 3.63) is 52.2 Å². The predicted octanol–water partition coefficient (Wildman–Crippen LogP) is 3.27. The molecule has 5 rings (SSSR count). The molecular formula is C22H25N3O3. The molecule has 0 bridgehead atoms. The lowest BCUT2D eigenvalue weighted by Gasteiger charge is -2.34. The van der Waals surface area contributed by atoms with Crippen molar-refractivity contribution in [1.29, 1.82) is 0 Å². The normalized spacial score (nSPS) is 21.4. The molecule has 1 fully saturated rings. The third-order valence-electron chi connectivity index (χ3n) is 6.01. The predicted molar refractivity (Wildman–Crippen MR) is 106 cm³/mol. The van der Waals surface area contributed by atoms with Gasteiger partial charge in [0.15, 0.2) is 0 Å². The Morgan fingerprint density at radius 3 is 2.89 bits per heavy atom. The van der Waals surface area contributed by atoms with Crippen LogP contribution in [0.5, 0.6) is 5.75 Å². The van der Waals surface area contributed by atoms with Crippen molar-refractivity contribution in [2.24, 2.45) is 0 Å².